The predicted molar refractivity (Wildman–Crippen MR) is 73.2 cm³/mol. The monoisotopic (exact) mass is 256 g/mol. The Bertz CT molecular complexity index is 248. The average molecular weight is 256 g/mol. The van der Waals surface area contributed by atoms with E-state index < -0.39 is 0 Å². The number of hydrogen-bond donors (Lipinski definition) is 2. The van der Waals surface area contributed by atoms with Crippen molar-refractivity contribution in [1.82, 2.24) is 5.32 Å². The van der Waals surface area contributed by atoms with Gasteiger partial charge in [0.1, 0.15) is 0 Å². The van der Waals surface area contributed by atoms with E-state index in [0.29, 0.717) is 25.6 Å². The van der Waals surface area contributed by atoms with Crippen LogP contribution in [0.1, 0.15) is 46.0 Å². The number of ether oxygens (including phenoxy) is 1. The van der Waals surface area contributed by atoms with Crippen molar-refractivity contribution in [2.24, 2.45) is 17.1 Å². The molecular formula is C14H28N2O2. The first-order chi connectivity index (χ1) is 8.60. The lowest BCUT2D eigenvalue weighted by Gasteiger charge is -2.25. The van der Waals surface area contributed by atoms with Crippen LogP contribution in [-0.4, -0.2) is 32.2 Å². The third-order valence-electron chi connectivity index (χ3n) is 3.80. The van der Waals surface area contributed by atoms with Gasteiger partial charge in [0.2, 0.25) is 5.91 Å². The molecule has 18 heavy (non-hydrogen) atoms. The molecule has 4 nitrogen and oxygen atoms in total. The van der Waals surface area contributed by atoms with E-state index in [1.54, 1.807) is 0 Å². The molecule has 1 saturated carbocycles. The second-order valence-corrected chi connectivity index (χ2v) is 5.74. The highest BCUT2D eigenvalue weighted by molar-refractivity contribution is 5.83. The second-order valence-electron chi connectivity index (χ2n) is 5.74. The SMILES string of the molecule is CC(C)CCOCCNC(=O)C1(CN)CCCC1. The summed E-state index contributed by atoms with van der Waals surface area (Å²) in [5.74, 6) is 0.786. The van der Waals surface area contributed by atoms with Gasteiger partial charge in [-0.15, -0.1) is 0 Å². The normalized spacial score (nSPS) is 18.2. The first kappa shape index (κ1) is 15.4. The van der Waals surface area contributed by atoms with Crippen LogP contribution in [0.4, 0.5) is 0 Å². The molecule has 4 heteroatoms. The highest BCUT2D eigenvalue weighted by atomic mass is 16.5. The van der Waals surface area contributed by atoms with Gasteiger partial charge in [0.15, 0.2) is 0 Å². The molecule has 0 spiro atoms. The summed E-state index contributed by atoms with van der Waals surface area (Å²) in [5, 5.41) is 2.96. The Morgan fingerprint density at radius 3 is 2.56 bits per heavy atom. The number of nitrogens with one attached hydrogen (secondary N) is 1. The van der Waals surface area contributed by atoms with Crippen molar-refractivity contribution in [1.29, 1.82) is 0 Å². The van der Waals surface area contributed by atoms with Crippen LogP contribution < -0.4 is 11.1 Å². The van der Waals surface area contributed by atoms with Crippen LogP contribution in [0.25, 0.3) is 0 Å². The van der Waals surface area contributed by atoms with E-state index >= 15 is 0 Å². The molecule has 1 aliphatic rings. The van der Waals surface area contributed by atoms with Gasteiger partial charge in [-0.25, -0.2) is 0 Å². The molecule has 0 radical (unpaired) electrons. The summed E-state index contributed by atoms with van der Waals surface area (Å²) in [6.07, 6.45) is 5.18. The lowest BCUT2D eigenvalue weighted by atomic mass is 9.85. The fourth-order valence-electron chi connectivity index (χ4n) is 2.42. The molecule has 0 saturated heterocycles. The molecule has 0 heterocycles. The van der Waals surface area contributed by atoms with Gasteiger partial charge in [0.05, 0.1) is 12.0 Å². The van der Waals surface area contributed by atoms with Gasteiger partial charge >= 0.3 is 0 Å². The lowest BCUT2D eigenvalue weighted by Crippen LogP contribution is -2.45. The van der Waals surface area contributed by atoms with Crippen molar-refractivity contribution in [3.05, 3.63) is 0 Å². The van der Waals surface area contributed by atoms with Crippen molar-refractivity contribution in [3.63, 3.8) is 0 Å². The standard InChI is InChI=1S/C14H28N2O2/c1-12(2)5-9-18-10-8-16-13(17)14(11-15)6-3-4-7-14/h12H,3-11,15H2,1-2H3,(H,16,17). The van der Waals surface area contributed by atoms with Crippen LogP contribution in [0.5, 0.6) is 0 Å². The van der Waals surface area contributed by atoms with E-state index in [-0.39, 0.29) is 11.3 Å². The van der Waals surface area contributed by atoms with Gasteiger partial charge in [-0.3, -0.25) is 4.79 Å². The van der Waals surface area contributed by atoms with E-state index in [1.165, 1.54) is 0 Å². The Hall–Kier alpha value is -0.610. The Labute approximate surface area is 111 Å². The number of carbonyl (C=O) groups is 1. The predicted octanol–water partition coefficient (Wildman–Crippen LogP) is 1.68. The molecule has 0 bridgehead atoms. The Balaban J connectivity index is 2.13. The molecule has 1 amide bonds. The number of nitrogens with two attached hydrogens (primary N) is 1. The zero-order valence-electron chi connectivity index (χ0n) is 11.8. The van der Waals surface area contributed by atoms with Gasteiger partial charge in [-0.2, -0.15) is 0 Å². The maximum atomic E-state index is 12.1. The van der Waals surface area contributed by atoms with Gasteiger partial charge in [0, 0.05) is 19.7 Å². The Morgan fingerprint density at radius 1 is 1.33 bits per heavy atom. The summed E-state index contributed by atoms with van der Waals surface area (Å²) in [6.45, 7) is 6.78. The molecule has 0 aliphatic heterocycles. The molecule has 1 fully saturated rings. The minimum absolute atomic E-state index is 0.120. The first-order valence-corrected chi connectivity index (χ1v) is 7.17. The molecule has 0 aromatic heterocycles. The molecule has 3 N–H and O–H groups in total. The van der Waals surface area contributed by atoms with Gasteiger partial charge in [0.25, 0.3) is 0 Å². The van der Waals surface area contributed by atoms with Crippen LogP contribution in [0.2, 0.25) is 0 Å². The van der Waals surface area contributed by atoms with Crippen LogP contribution in [0, 0.1) is 11.3 Å². The maximum absolute atomic E-state index is 12.1. The fraction of sp³-hybridized carbons (Fsp3) is 0.929. The van der Waals surface area contributed by atoms with Crippen LogP contribution >= 0.6 is 0 Å². The van der Waals surface area contributed by atoms with Crippen LogP contribution in [0.15, 0.2) is 0 Å². The fourth-order valence-corrected chi connectivity index (χ4v) is 2.42. The third-order valence-corrected chi connectivity index (χ3v) is 3.80. The van der Waals surface area contributed by atoms with Gasteiger partial charge in [-0.05, 0) is 25.2 Å². The summed E-state index contributed by atoms with van der Waals surface area (Å²) < 4.78 is 5.48. The van der Waals surface area contributed by atoms with E-state index in [2.05, 4.69) is 19.2 Å². The highest BCUT2D eigenvalue weighted by Gasteiger charge is 2.39. The minimum atomic E-state index is -0.294. The van der Waals surface area contributed by atoms with Crippen molar-refractivity contribution in [3.8, 4) is 0 Å². The van der Waals surface area contributed by atoms with Crippen molar-refractivity contribution < 1.29 is 9.53 Å². The Morgan fingerprint density at radius 2 is 2.00 bits per heavy atom. The van der Waals surface area contributed by atoms with Gasteiger partial charge in [-0.1, -0.05) is 26.7 Å². The summed E-state index contributed by atoms with van der Waals surface area (Å²) in [4.78, 5) is 12.1. The zero-order chi connectivity index (χ0) is 13.4. The lowest BCUT2D eigenvalue weighted by molar-refractivity contribution is -0.130. The van der Waals surface area contributed by atoms with Crippen molar-refractivity contribution in [2.45, 2.75) is 46.0 Å². The number of rotatable bonds is 8. The smallest absolute Gasteiger partial charge is 0.227 e. The van der Waals surface area contributed by atoms with E-state index in [0.717, 1.165) is 38.7 Å². The van der Waals surface area contributed by atoms with E-state index in [1.807, 2.05) is 0 Å². The van der Waals surface area contributed by atoms with Crippen molar-refractivity contribution >= 4 is 5.91 Å². The first-order valence-electron chi connectivity index (χ1n) is 7.17. The van der Waals surface area contributed by atoms with Crippen LogP contribution in [0.3, 0.4) is 0 Å². The summed E-state index contributed by atoms with van der Waals surface area (Å²) in [6, 6.07) is 0. The molecule has 1 rings (SSSR count). The number of carbonyl (C=O) groups excluding carboxylic acids is 1. The van der Waals surface area contributed by atoms with Gasteiger partial charge < -0.3 is 15.8 Å². The minimum Gasteiger partial charge on any atom is -0.380 e. The molecular weight excluding hydrogens is 228 g/mol. The Kier molecular flexibility index (Phi) is 6.65. The highest BCUT2D eigenvalue weighted by Crippen LogP contribution is 2.37. The number of amides is 1. The third kappa shape index (κ3) is 4.58. The molecule has 0 aromatic rings. The zero-order valence-corrected chi connectivity index (χ0v) is 11.8. The average Bonchev–Trinajstić information content (AvgIpc) is 2.83. The summed E-state index contributed by atoms with van der Waals surface area (Å²) >= 11 is 0. The van der Waals surface area contributed by atoms with E-state index in [9.17, 15) is 4.79 Å². The molecule has 106 valence electrons. The summed E-state index contributed by atoms with van der Waals surface area (Å²) in [7, 11) is 0. The molecule has 0 unspecified atom stereocenters. The number of hydrogen-bond acceptors (Lipinski definition) is 3. The molecule has 0 atom stereocenters. The topological polar surface area (TPSA) is 64.3 Å². The summed E-state index contributed by atoms with van der Waals surface area (Å²) in [5.41, 5.74) is 5.47. The van der Waals surface area contributed by atoms with Crippen LogP contribution in [-0.2, 0) is 9.53 Å². The van der Waals surface area contributed by atoms with E-state index in [4.69, 9.17) is 10.5 Å². The second kappa shape index (κ2) is 7.74. The quantitative estimate of drug-likeness (QED) is 0.649. The van der Waals surface area contributed by atoms with Crippen molar-refractivity contribution in [2.75, 3.05) is 26.3 Å². The largest absolute Gasteiger partial charge is 0.380 e. The molecule has 1 aliphatic carbocycles. The maximum Gasteiger partial charge on any atom is 0.227 e. The molecule has 0 aromatic carbocycles.